The third-order valence-electron chi connectivity index (χ3n) is 2.23. The smallest absolute Gasteiger partial charge is 0.214 e. The van der Waals surface area contributed by atoms with Gasteiger partial charge < -0.3 is 4.90 Å². The van der Waals surface area contributed by atoms with Crippen LogP contribution in [-0.4, -0.2) is 17.0 Å². The maximum atomic E-state index is 12.9. The van der Waals surface area contributed by atoms with Crippen LogP contribution in [0.25, 0.3) is 0 Å². The standard InChI is InChI=1S/C12H12FN3/c1-16(9-10-4-3-7-14-8-10)12-6-2-5-11(13)15-12/h2-8H,9H2,1H3. The Kier molecular flexibility index (Phi) is 3.10. The zero-order valence-corrected chi connectivity index (χ0v) is 8.97. The van der Waals surface area contributed by atoms with Gasteiger partial charge >= 0.3 is 0 Å². The van der Waals surface area contributed by atoms with Crippen LogP contribution < -0.4 is 4.90 Å². The fourth-order valence-corrected chi connectivity index (χ4v) is 1.46. The molecule has 4 heteroatoms. The highest BCUT2D eigenvalue weighted by Crippen LogP contribution is 2.12. The predicted octanol–water partition coefficient (Wildman–Crippen LogP) is 2.25. The number of aromatic nitrogens is 2. The molecule has 0 saturated heterocycles. The normalized spacial score (nSPS) is 10.1. The Labute approximate surface area is 93.6 Å². The lowest BCUT2D eigenvalue weighted by molar-refractivity contribution is 0.582. The number of anilines is 1. The van der Waals surface area contributed by atoms with Crippen LogP contribution in [-0.2, 0) is 6.54 Å². The predicted molar refractivity (Wildman–Crippen MR) is 60.5 cm³/mol. The zero-order chi connectivity index (χ0) is 11.4. The van der Waals surface area contributed by atoms with E-state index in [4.69, 9.17) is 0 Å². The minimum absolute atomic E-state index is 0.462. The second-order valence-corrected chi connectivity index (χ2v) is 3.54. The molecular weight excluding hydrogens is 205 g/mol. The molecule has 0 atom stereocenters. The summed E-state index contributed by atoms with van der Waals surface area (Å²) in [6.07, 6.45) is 3.51. The molecule has 16 heavy (non-hydrogen) atoms. The molecule has 0 aromatic carbocycles. The molecule has 0 bridgehead atoms. The van der Waals surface area contributed by atoms with E-state index in [0.717, 1.165) is 5.56 Å². The molecule has 0 N–H and O–H groups in total. The van der Waals surface area contributed by atoms with E-state index in [2.05, 4.69) is 9.97 Å². The summed E-state index contributed by atoms with van der Waals surface area (Å²) in [5.41, 5.74) is 1.07. The largest absolute Gasteiger partial charge is 0.355 e. The van der Waals surface area contributed by atoms with E-state index in [0.29, 0.717) is 12.4 Å². The first-order valence-corrected chi connectivity index (χ1v) is 4.98. The van der Waals surface area contributed by atoms with Crippen LogP contribution in [0, 0.1) is 5.95 Å². The monoisotopic (exact) mass is 217 g/mol. The summed E-state index contributed by atoms with van der Waals surface area (Å²) in [5, 5.41) is 0. The molecule has 0 aliphatic carbocycles. The summed E-state index contributed by atoms with van der Waals surface area (Å²) >= 11 is 0. The van der Waals surface area contributed by atoms with Crippen molar-refractivity contribution in [2.75, 3.05) is 11.9 Å². The molecule has 0 radical (unpaired) electrons. The number of halogens is 1. The maximum absolute atomic E-state index is 12.9. The Bertz CT molecular complexity index is 459. The first kappa shape index (κ1) is 10.5. The van der Waals surface area contributed by atoms with Crippen molar-refractivity contribution in [3.05, 3.63) is 54.2 Å². The first-order chi connectivity index (χ1) is 7.75. The van der Waals surface area contributed by atoms with Crippen molar-refractivity contribution in [1.82, 2.24) is 9.97 Å². The minimum atomic E-state index is -0.462. The van der Waals surface area contributed by atoms with Crippen LogP contribution in [0.3, 0.4) is 0 Å². The molecule has 0 aliphatic heterocycles. The van der Waals surface area contributed by atoms with Gasteiger partial charge in [-0.25, -0.2) is 4.98 Å². The van der Waals surface area contributed by atoms with Crippen molar-refractivity contribution in [3.8, 4) is 0 Å². The van der Waals surface area contributed by atoms with E-state index < -0.39 is 5.95 Å². The van der Waals surface area contributed by atoms with Crippen LogP contribution in [0.2, 0.25) is 0 Å². The fraction of sp³-hybridized carbons (Fsp3) is 0.167. The van der Waals surface area contributed by atoms with Gasteiger partial charge in [0.1, 0.15) is 5.82 Å². The lowest BCUT2D eigenvalue weighted by Gasteiger charge is -2.17. The van der Waals surface area contributed by atoms with Gasteiger partial charge in [-0.05, 0) is 23.8 Å². The van der Waals surface area contributed by atoms with Crippen molar-refractivity contribution in [2.24, 2.45) is 0 Å². The lowest BCUT2D eigenvalue weighted by atomic mass is 10.2. The molecule has 0 fully saturated rings. The van der Waals surface area contributed by atoms with Gasteiger partial charge in [0.2, 0.25) is 5.95 Å². The topological polar surface area (TPSA) is 29.0 Å². The molecule has 2 heterocycles. The van der Waals surface area contributed by atoms with E-state index in [1.165, 1.54) is 6.07 Å². The second kappa shape index (κ2) is 4.70. The third kappa shape index (κ3) is 2.53. The number of nitrogens with zero attached hydrogens (tertiary/aromatic N) is 3. The van der Waals surface area contributed by atoms with Crippen LogP contribution in [0.4, 0.5) is 10.2 Å². The third-order valence-corrected chi connectivity index (χ3v) is 2.23. The van der Waals surface area contributed by atoms with E-state index in [1.54, 1.807) is 24.5 Å². The van der Waals surface area contributed by atoms with Crippen molar-refractivity contribution >= 4 is 5.82 Å². The summed E-state index contributed by atoms with van der Waals surface area (Å²) in [6.45, 7) is 0.657. The van der Waals surface area contributed by atoms with Crippen LogP contribution in [0.1, 0.15) is 5.56 Å². The Morgan fingerprint density at radius 2 is 2.12 bits per heavy atom. The van der Waals surface area contributed by atoms with E-state index >= 15 is 0 Å². The Balaban J connectivity index is 2.12. The van der Waals surface area contributed by atoms with Crippen LogP contribution in [0.15, 0.2) is 42.7 Å². The number of hydrogen-bond acceptors (Lipinski definition) is 3. The summed E-state index contributed by atoms with van der Waals surface area (Å²) in [4.78, 5) is 9.71. The van der Waals surface area contributed by atoms with E-state index in [-0.39, 0.29) is 0 Å². The molecule has 0 amide bonds. The Morgan fingerprint density at radius 3 is 2.81 bits per heavy atom. The fourth-order valence-electron chi connectivity index (χ4n) is 1.46. The van der Waals surface area contributed by atoms with Crippen molar-refractivity contribution < 1.29 is 4.39 Å². The SMILES string of the molecule is CN(Cc1cccnc1)c1cccc(F)n1. The van der Waals surface area contributed by atoms with Crippen LogP contribution in [0.5, 0.6) is 0 Å². The summed E-state index contributed by atoms with van der Waals surface area (Å²) in [5.74, 6) is 0.152. The summed E-state index contributed by atoms with van der Waals surface area (Å²) in [6, 6.07) is 8.61. The average Bonchev–Trinajstić information content (AvgIpc) is 2.30. The number of pyridine rings is 2. The molecule has 2 aromatic rings. The molecule has 0 unspecified atom stereocenters. The van der Waals surface area contributed by atoms with Gasteiger partial charge in [-0.1, -0.05) is 12.1 Å². The molecule has 3 nitrogen and oxygen atoms in total. The van der Waals surface area contributed by atoms with Gasteiger partial charge in [-0.2, -0.15) is 4.39 Å². The van der Waals surface area contributed by atoms with Gasteiger partial charge in [0, 0.05) is 26.0 Å². The van der Waals surface area contributed by atoms with Crippen molar-refractivity contribution in [3.63, 3.8) is 0 Å². The number of rotatable bonds is 3. The van der Waals surface area contributed by atoms with E-state index in [9.17, 15) is 4.39 Å². The Morgan fingerprint density at radius 1 is 1.25 bits per heavy atom. The highest BCUT2D eigenvalue weighted by molar-refractivity contribution is 5.37. The molecule has 0 aliphatic rings. The second-order valence-electron chi connectivity index (χ2n) is 3.54. The van der Waals surface area contributed by atoms with Crippen molar-refractivity contribution in [2.45, 2.75) is 6.54 Å². The summed E-state index contributed by atoms with van der Waals surface area (Å²) in [7, 11) is 1.87. The van der Waals surface area contributed by atoms with Gasteiger partial charge in [-0.3, -0.25) is 4.98 Å². The van der Waals surface area contributed by atoms with Gasteiger partial charge in [-0.15, -0.1) is 0 Å². The zero-order valence-electron chi connectivity index (χ0n) is 8.97. The highest BCUT2D eigenvalue weighted by atomic mass is 19.1. The van der Waals surface area contributed by atoms with Crippen LogP contribution >= 0.6 is 0 Å². The molecule has 0 saturated carbocycles. The van der Waals surface area contributed by atoms with Gasteiger partial charge in [0.15, 0.2) is 0 Å². The molecule has 82 valence electrons. The molecule has 2 aromatic heterocycles. The summed E-state index contributed by atoms with van der Waals surface area (Å²) < 4.78 is 12.9. The van der Waals surface area contributed by atoms with Gasteiger partial charge in [0.25, 0.3) is 0 Å². The molecule has 2 rings (SSSR count). The maximum Gasteiger partial charge on any atom is 0.214 e. The Hall–Kier alpha value is -1.97. The highest BCUT2D eigenvalue weighted by Gasteiger charge is 2.04. The average molecular weight is 217 g/mol. The minimum Gasteiger partial charge on any atom is -0.355 e. The number of hydrogen-bond donors (Lipinski definition) is 0. The lowest BCUT2D eigenvalue weighted by Crippen LogP contribution is -2.17. The van der Waals surface area contributed by atoms with Gasteiger partial charge in [0.05, 0.1) is 0 Å². The molecule has 0 spiro atoms. The van der Waals surface area contributed by atoms with Crippen molar-refractivity contribution in [1.29, 1.82) is 0 Å². The quantitative estimate of drug-likeness (QED) is 0.738. The van der Waals surface area contributed by atoms with E-state index in [1.807, 2.05) is 24.1 Å². The molecular formula is C12H12FN3. The first-order valence-electron chi connectivity index (χ1n) is 4.98.